The van der Waals surface area contributed by atoms with Crippen LogP contribution in [0.25, 0.3) is 5.65 Å². The van der Waals surface area contributed by atoms with Crippen molar-refractivity contribution in [2.45, 2.75) is 42.9 Å². The minimum Gasteiger partial charge on any atom is -0.396 e. The average molecular weight is 328 g/mol. The van der Waals surface area contributed by atoms with Crippen molar-refractivity contribution in [1.82, 2.24) is 19.9 Å². The lowest BCUT2D eigenvalue weighted by Crippen LogP contribution is -2.29. The van der Waals surface area contributed by atoms with Crippen LogP contribution in [0.5, 0.6) is 0 Å². The fourth-order valence-corrected chi connectivity index (χ4v) is 3.66. The number of hydrogen-bond acceptors (Lipinski definition) is 5. The van der Waals surface area contributed by atoms with Gasteiger partial charge in [-0.05, 0) is 37.9 Å². The normalized spacial score (nSPS) is 16.3. The van der Waals surface area contributed by atoms with Crippen LogP contribution in [0, 0.1) is 0 Å². The highest BCUT2D eigenvalue weighted by atomic mass is 35.5. The number of aromatic nitrogens is 3. The molecule has 1 aliphatic heterocycles. The largest absolute Gasteiger partial charge is 0.396 e. The van der Waals surface area contributed by atoms with Crippen LogP contribution in [0.3, 0.4) is 0 Å². The van der Waals surface area contributed by atoms with Gasteiger partial charge < -0.3 is 11.1 Å². The van der Waals surface area contributed by atoms with Crippen LogP contribution >= 0.6 is 24.2 Å². The Kier molecular flexibility index (Phi) is 5.35. The summed E-state index contributed by atoms with van der Waals surface area (Å²) in [5.74, 6) is 0.385. The highest BCUT2D eigenvalue weighted by Gasteiger charge is 2.17. The molecule has 1 fully saturated rings. The Morgan fingerprint density at radius 2 is 2.10 bits per heavy atom. The van der Waals surface area contributed by atoms with Gasteiger partial charge in [-0.25, -0.2) is 9.50 Å². The highest BCUT2D eigenvalue weighted by Crippen LogP contribution is 2.30. The minimum absolute atomic E-state index is 0. The lowest BCUT2D eigenvalue weighted by Gasteiger charge is -2.21. The fraction of sp³-hybridized carbons (Fsp3) is 0.571. The zero-order valence-electron chi connectivity index (χ0n) is 12.4. The van der Waals surface area contributed by atoms with E-state index in [0.717, 1.165) is 29.5 Å². The van der Waals surface area contributed by atoms with Gasteiger partial charge in [0.2, 0.25) is 0 Å². The third kappa shape index (κ3) is 3.44. The summed E-state index contributed by atoms with van der Waals surface area (Å²) in [7, 11) is 0. The quantitative estimate of drug-likeness (QED) is 0.907. The molecule has 0 atom stereocenters. The van der Waals surface area contributed by atoms with E-state index in [0.29, 0.717) is 16.9 Å². The van der Waals surface area contributed by atoms with Crippen molar-refractivity contribution >= 4 is 35.5 Å². The van der Waals surface area contributed by atoms with Crippen molar-refractivity contribution in [3.63, 3.8) is 0 Å². The number of rotatable bonds is 3. The summed E-state index contributed by atoms with van der Waals surface area (Å²) >= 11 is 1.84. The molecule has 1 saturated heterocycles. The van der Waals surface area contributed by atoms with Crippen LogP contribution in [-0.2, 0) is 0 Å². The van der Waals surface area contributed by atoms with Crippen LogP contribution in [0.2, 0.25) is 0 Å². The predicted molar refractivity (Wildman–Crippen MR) is 90.5 cm³/mol. The Labute approximate surface area is 135 Å². The molecule has 3 rings (SSSR count). The lowest BCUT2D eigenvalue weighted by molar-refractivity contribution is 0.531. The third-order valence-corrected chi connectivity index (χ3v) is 4.91. The SMILES string of the molecule is CC(C)c1cnc2c(N)cc(SC3CCNCC3)nn12.Cl. The van der Waals surface area contributed by atoms with Gasteiger partial charge in [0.1, 0.15) is 5.03 Å². The summed E-state index contributed by atoms with van der Waals surface area (Å²) in [6.07, 6.45) is 4.25. The molecule has 3 N–H and O–H groups in total. The zero-order valence-corrected chi connectivity index (χ0v) is 14.0. The van der Waals surface area contributed by atoms with Gasteiger partial charge in [-0.1, -0.05) is 13.8 Å². The molecule has 3 heterocycles. The van der Waals surface area contributed by atoms with E-state index in [1.165, 1.54) is 12.8 Å². The Bertz CT molecular complexity index is 607. The minimum atomic E-state index is 0. The molecule has 0 aromatic carbocycles. The van der Waals surface area contributed by atoms with Crippen molar-refractivity contribution in [3.05, 3.63) is 18.0 Å². The van der Waals surface area contributed by atoms with Gasteiger partial charge in [0, 0.05) is 5.25 Å². The first kappa shape index (κ1) is 16.4. The summed E-state index contributed by atoms with van der Waals surface area (Å²) in [4.78, 5) is 4.38. The highest BCUT2D eigenvalue weighted by molar-refractivity contribution is 7.99. The molecule has 0 aliphatic carbocycles. The second-order valence-corrected chi connectivity index (χ2v) is 6.90. The molecule has 7 heteroatoms. The van der Waals surface area contributed by atoms with E-state index < -0.39 is 0 Å². The van der Waals surface area contributed by atoms with E-state index >= 15 is 0 Å². The zero-order chi connectivity index (χ0) is 14.1. The lowest BCUT2D eigenvalue weighted by atomic mass is 10.2. The number of halogens is 1. The number of imidazole rings is 1. The van der Waals surface area contributed by atoms with Gasteiger partial charge in [-0.3, -0.25) is 0 Å². The topological polar surface area (TPSA) is 68.2 Å². The van der Waals surface area contributed by atoms with E-state index in [2.05, 4.69) is 24.1 Å². The number of nitrogens with zero attached hydrogens (tertiary/aromatic N) is 3. The van der Waals surface area contributed by atoms with Gasteiger partial charge in [0.15, 0.2) is 5.65 Å². The third-order valence-electron chi connectivity index (χ3n) is 3.67. The standard InChI is InChI=1S/C14H21N5S.ClH/c1-9(2)12-8-17-14-11(15)7-13(18-19(12)14)20-10-3-5-16-6-4-10;/h7-10,16H,3-6,15H2,1-2H3;1H. The van der Waals surface area contributed by atoms with Crippen LogP contribution < -0.4 is 11.1 Å². The van der Waals surface area contributed by atoms with E-state index in [1.807, 2.05) is 28.5 Å². The number of thioether (sulfide) groups is 1. The predicted octanol–water partition coefficient (Wildman–Crippen LogP) is 2.70. The Balaban J connectivity index is 0.00000161. The first-order chi connectivity index (χ1) is 9.65. The summed E-state index contributed by atoms with van der Waals surface area (Å²) in [5.41, 5.74) is 8.72. The molecule has 21 heavy (non-hydrogen) atoms. The van der Waals surface area contributed by atoms with E-state index in [-0.39, 0.29) is 12.4 Å². The second-order valence-electron chi connectivity index (χ2n) is 5.58. The van der Waals surface area contributed by atoms with E-state index in [1.54, 1.807) is 0 Å². The number of hydrogen-bond donors (Lipinski definition) is 2. The van der Waals surface area contributed by atoms with Crippen molar-refractivity contribution in [1.29, 1.82) is 0 Å². The van der Waals surface area contributed by atoms with E-state index in [4.69, 9.17) is 10.8 Å². The monoisotopic (exact) mass is 327 g/mol. The Morgan fingerprint density at radius 1 is 1.38 bits per heavy atom. The van der Waals surface area contributed by atoms with Gasteiger partial charge in [0.05, 0.1) is 17.6 Å². The molecule has 0 saturated carbocycles. The molecule has 2 aromatic rings. The van der Waals surface area contributed by atoms with Crippen molar-refractivity contribution in [2.75, 3.05) is 18.8 Å². The summed E-state index contributed by atoms with van der Waals surface area (Å²) in [6, 6.07) is 1.96. The Hall–Kier alpha value is -0.980. The number of nitrogens with two attached hydrogens (primary N) is 1. The first-order valence-corrected chi connectivity index (χ1v) is 8.04. The molecule has 1 aliphatic rings. The molecule has 0 unspecified atom stereocenters. The molecular weight excluding hydrogens is 306 g/mol. The molecule has 116 valence electrons. The molecular formula is C14H22ClN5S. The fourth-order valence-electron chi connectivity index (χ4n) is 2.52. The van der Waals surface area contributed by atoms with Crippen molar-refractivity contribution in [3.8, 4) is 0 Å². The second kappa shape index (κ2) is 6.85. The average Bonchev–Trinajstić information content (AvgIpc) is 2.84. The van der Waals surface area contributed by atoms with Gasteiger partial charge in [0.25, 0.3) is 0 Å². The summed E-state index contributed by atoms with van der Waals surface area (Å²) < 4.78 is 1.91. The van der Waals surface area contributed by atoms with Crippen LogP contribution in [0.15, 0.2) is 17.3 Å². The Morgan fingerprint density at radius 3 is 2.76 bits per heavy atom. The number of fused-ring (bicyclic) bond motifs is 1. The van der Waals surface area contributed by atoms with Crippen molar-refractivity contribution < 1.29 is 0 Å². The van der Waals surface area contributed by atoms with Gasteiger partial charge >= 0.3 is 0 Å². The molecule has 0 radical (unpaired) electrons. The van der Waals surface area contributed by atoms with Crippen molar-refractivity contribution in [2.24, 2.45) is 0 Å². The van der Waals surface area contributed by atoms with Crippen LogP contribution in [0.4, 0.5) is 5.69 Å². The number of anilines is 1. The number of nitrogen functional groups attached to an aromatic ring is 1. The summed E-state index contributed by atoms with van der Waals surface area (Å²) in [5, 5.41) is 9.75. The number of nitrogens with one attached hydrogen (secondary N) is 1. The van der Waals surface area contributed by atoms with Crippen LogP contribution in [-0.4, -0.2) is 32.9 Å². The first-order valence-electron chi connectivity index (χ1n) is 7.16. The maximum atomic E-state index is 6.13. The van der Waals surface area contributed by atoms with E-state index in [9.17, 15) is 0 Å². The maximum Gasteiger partial charge on any atom is 0.177 e. The molecule has 2 aromatic heterocycles. The molecule has 0 spiro atoms. The number of piperidine rings is 1. The smallest absolute Gasteiger partial charge is 0.177 e. The molecule has 0 amide bonds. The maximum absolute atomic E-state index is 6.13. The molecule has 5 nitrogen and oxygen atoms in total. The summed E-state index contributed by atoms with van der Waals surface area (Å²) in [6.45, 7) is 6.48. The molecule has 0 bridgehead atoms. The van der Waals surface area contributed by atoms with Gasteiger partial charge in [-0.15, -0.1) is 24.2 Å². The van der Waals surface area contributed by atoms with Gasteiger partial charge in [-0.2, -0.15) is 5.10 Å². The van der Waals surface area contributed by atoms with Crippen LogP contribution in [0.1, 0.15) is 38.3 Å².